The van der Waals surface area contributed by atoms with E-state index in [0.29, 0.717) is 17.9 Å². The summed E-state index contributed by atoms with van der Waals surface area (Å²) in [6.07, 6.45) is 2.89. The largest absolute Gasteiger partial charge is 0.394 e. The molecule has 4 rings (SSSR count). The number of hydrogen-bond donors (Lipinski definition) is 2. The van der Waals surface area contributed by atoms with Crippen LogP contribution >= 0.6 is 0 Å². The molecule has 0 bridgehead atoms. The molecule has 2 amide bonds. The number of hydrogen-bond acceptors (Lipinski definition) is 6. The maximum atomic E-state index is 12.5. The van der Waals surface area contributed by atoms with E-state index < -0.39 is 12.1 Å². The molecule has 9 nitrogen and oxygen atoms in total. The Balaban J connectivity index is 1.49. The Kier molecular flexibility index (Phi) is 6.29. The minimum Gasteiger partial charge on any atom is -0.394 e. The highest BCUT2D eigenvalue weighted by Crippen LogP contribution is 2.31. The Morgan fingerprint density at radius 3 is 2.69 bits per heavy atom. The van der Waals surface area contributed by atoms with Crippen molar-refractivity contribution in [2.75, 3.05) is 18.5 Å². The summed E-state index contributed by atoms with van der Waals surface area (Å²) in [6.45, 7) is 1.86. The van der Waals surface area contributed by atoms with Crippen molar-refractivity contribution in [3.8, 4) is 0 Å². The van der Waals surface area contributed by atoms with Gasteiger partial charge in [-0.05, 0) is 42.3 Å². The average molecular weight is 435 g/mol. The molecule has 1 aliphatic rings. The summed E-state index contributed by atoms with van der Waals surface area (Å²) < 4.78 is 7.33. The van der Waals surface area contributed by atoms with Gasteiger partial charge in [0, 0.05) is 31.7 Å². The van der Waals surface area contributed by atoms with E-state index in [4.69, 9.17) is 4.74 Å². The minimum absolute atomic E-state index is 0.0697. The van der Waals surface area contributed by atoms with Gasteiger partial charge in [-0.2, -0.15) is 5.10 Å². The molecule has 0 spiro atoms. The van der Waals surface area contributed by atoms with E-state index in [2.05, 4.69) is 15.4 Å². The molecule has 0 radical (unpaired) electrons. The fourth-order valence-electron chi connectivity index (χ4n) is 3.88. The molecular weight excluding hydrogens is 410 g/mol. The highest BCUT2D eigenvalue weighted by Gasteiger charge is 2.37. The first-order chi connectivity index (χ1) is 15.5. The number of rotatable bonds is 6. The summed E-state index contributed by atoms with van der Waals surface area (Å²) in [5.41, 5.74) is 3.54. The number of carbonyl (C=O) groups is 2. The number of aromatic nitrogens is 3. The van der Waals surface area contributed by atoms with E-state index in [1.807, 2.05) is 31.2 Å². The molecule has 2 atom stereocenters. The zero-order valence-electron chi connectivity index (χ0n) is 17.9. The molecule has 1 saturated heterocycles. The number of amides is 2. The highest BCUT2D eigenvalue weighted by atomic mass is 16.5. The number of anilines is 1. The van der Waals surface area contributed by atoms with Crippen LogP contribution in [0.25, 0.3) is 0 Å². The van der Waals surface area contributed by atoms with Crippen molar-refractivity contribution in [2.45, 2.75) is 25.6 Å². The number of nitrogens with zero attached hydrogens (tertiary/aromatic N) is 4. The van der Waals surface area contributed by atoms with Gasteiger partial charge in [-0.1, -0.05) is 18.2 Å². The maximum absolute atomic E-state index is 12.5. The third-order valence-corrected chi connectivity index (χ3v) is 5.45. The van der Waals surface area contributed by atoms with Gasteiger partial charge in [-0.15, -0.1) is 0 Å². The van der Waals surface area contributed by atoms with Crippen LogP contribution in [0.15, 0.2) is 54.9 Å². The Bertz CT molecular complexity index is 1100. The molecule has 3 heterocycles. The van der Waals surface area contributed by atoms with Crippen LogP contribution in [0.5, 0.6) is 0 Å². The number of ether oxygens (including phenoxy) is 1. The quantitative estimate of drug-likeness (QED) is 0.611. The Morgan fingerprint density at radius 2 is 2.06 bits per heavy atom. The number of nitrogens with one attached hydrogen (secondary N) is 1. The van der Waals surface area contributed by atoms with E-state index in [-0.39, 0.29) is 25.0 Å². The van der Waals surface area contributed by atoms with E-state index in [1.54, 1.807) is 42.5 Å². The van der Waals surface area contributed by atoms with Crippen LogP contribution in [0.2, 0.25) is 0 Å². The Hall–Kier alpha value is -3.56. The van der Waals surface area contributed by atoms with Gasteiger partial charge in [0.2, 0.25) is 5.91 Å². The third-order valence-electron chi connectivity index (χ3n) is 5.45. The van der Waals surface area contributed by atoms with Gasteiger partial charge in [0.15, 0.2) is 0 Å². The van der Waals surface area contributed by atoms with Crippen molar-refractivity contribution in [2.24, 2.45) is 7.05 Å². The topological polar surface area (TPSA) is 110 Å². The zero-order valence-corrected chi connectivity index (χ0v) is 17.9. The molecule has 32 heavy (non-hydrogen) atoms. The first kappa shape index (κ1) is 21.7. The molecule has 3 aromatic rings. The molecule has 0 aliphatic carbocycles. The van der Waals surface area contributed by atoms with Crippen LogP contribution in [0, 0.1) is 6.92 Å². The van der Waals surface area contributed by atoms with Gasteiger partial charge in [0.05, 0.1) is 18.3 Å². The number of morpholine rings is 1. The summed E-state index contributed by atoms with van der Waals surface area (Å²) in [4.78, 5) is 30.7. The van der Waals surface area contributed by atoms with Crippen molar-refractivity contribution in [3.63, 3.8) is 0 Å². The fourth-order valence-corrected chi connectivity index (χ4v) is 3.88. The van der Waals surface area contributed by atoms with Gasteiger partial charge in [-0.3, -0.25) is 19.3 Å². The number of aliphatic hydroxyl groups excluding tert-OH is 1. The van der Waals surface area contributed by atoms with Crippen LogP contribution in [-0.2, 0) is 23.1 Å². The van der Waals surface area contributed by atoms with Crippen LogP contribution in [0.3, 0.4) is 0 Å². The van der Waals surface area contributed by atoms with E-state index in [9.17, 15) is 14.7 Å². The SMILES string of the molecule is Cc1cc(C(=O)Nc2ccc(C3OCC(=O)N(Cc4cccnc4)C3CO)cc2)n(C)n1. The second kappa shape index (κ2) is 9.29. The Labute approximate surface area is 185 Å². The molecule has 1 aliphatic heterocycles. The van der Waals surface area contributed by atoms with Crippen molar-refractivity contribution in [1.82, 2.24) is 19.7 Å². The second-order valence-electron chi connectivity index (χ2n) is 7.74. The predicted molar refractivity (Wildman–Crippen MR) is 117 cm³/mol. The normalized spacial score (nSPS) is 18.6. The van der Waals surface area contributed by atoms with Crippen LogP contribution in [-0.4, -0.2) is 55.8 Å². The molecule has 0 saturated carbocycles. The maximum Gasteiger partial charge on any atom is 0.273 e. The highest BCUT2D eigenvalue weighted by molar-refractivity contribution is 6.03. The summed E-state index contributed by atoms with van der Waals surface area (Å²) >= 11 is 0. The summed E-state index contributed by atoms with van der Waals surface area (Å²) in [5.74, 6) is -0.434. The van der Waals surface area contributed by atoms with E-state index in [0.717, 1.165) is 16.8 Å². The molecular formula is C23H25N5O4. The minimum atomic E-state index is -0.533. The van der Waals surface area contributed by atoms with Gasteiger partial charge >= 0.3 is 0 Å². The first-order valence-corrected chi connectivity index (χ1v) is 10.3. The number of pyridine rings is 1. The lowest BCUT2D eigenvalue weighted by atomic mass is 9.98. The smallest absolute Gasteiger partial charge is 0.273 e. The molecule has 1 fully saturated rings. The molecule has 1 aromatic carbocycles. The monoisotopic (exact) mass is 435 g/mol. The van der Waals surface area contributed by atoms with Crippen molar-refractivity contribution in [1.29, 1.82) is 0 Å². The number of aryl methyl sites for hydroxylation is 2. The van der Waals surface area contributed by atoms with Crippen molar-refractivity contribution in [3.05, 3.63) is 77.4 Å². The predicted octanol–water partition coefficient (Wildman–Crippen LogP) is 1.84. The fraction of sp³-hybridized carbons (Fsp3) is 0.304. The van der Waals surface area contributed by atoms with E-state index in [1.165, 1.54) is 4.68 Å². The molecule has 166 valence electrons. The van der Waals surface area contributed by atoms with Gasteiger partial charge < -0.3 is 20.1 Å². The van der Waals surface area contributed by atoms with Crippen LogP contribution < -0.4 is 5.32 Å². The number of benzene rings is 1. The number of aliphatic hydroxyl groups is 1. The first-order valence-electron chi connectivity index (χ1n) is 10.3. The Morgan fingerprint density at radius 1 is 1.28 bits per heavy atom. The lowest BCUT2D eigenvalue weighted by Crippen LogP contribution is -2.52. The van der Waals surface area contributed by atoms with Crippen molar-refractivity contribution < 1.29 is 19.4 Å². The van der Waals surface area contributed by atoms with E-state index >= 15 is 0 Å². The molecule has 9 heteroatoms. The van der Waals surface area contributed by atoms with Gasteiger partial charge in [0.25, 0.3) is 5.91 Å². The number of carbonyl (C=O) groups excluding carboxylic acids is 2. The molecule has 2 N–H and O–H groups in total. The molecule has 2 unspecified atom stereocenters. The van der Waals surface area contributed by atoms with Crippen LogP contribution in [0.4, 0.5) is 5.69 Å². The second-order valence-corrected chi connectivity index (χ2v) is 7.74. The van der Waals surface area contributed by atoms with Gasteiger partial charge in [0.1, 0.15) is 18.4 Å². The molecule has 2 aromatic heterocycles. The lowest BCUT2D eigenvalue weighted by Gasteiger charge is -2.40. The standard InChI is InChI=1S/C23H25N5O4/c1-15-10-19(27(2)26-15)23(31)25-18-7-5-17(6-8-18)22-20(13-29)28(21(30)14-32-22)12-16-4-3-9-24-11-16/h3-11,20,22,29H,12-14H2,1-2H3,(H,25,31). The summed E-state index contributed by atoms with van der Waals surface area (Å²) in [6, 6.07) is 12.1. The summed E-state index contributed by atoms with van der Waals surface area (Å²) in [5, 5.41) is 17.1. The van der Waals surface area contributed by atoms with Crippen LogP contribution in [0.1, 0.15) is 33.4 Å². The average Bonchev–Trinajstić information content (AvgIpc) is 3.14. The lowest BCUT2D eigenvalue weighted by molar-refractivity contribution is -0.162. The van der Waals surface area contributed by atoms with Gasteiger partial charge in [-0.25, -0.2) is 0 Å². The third kappa shape index (κ3) is 4.53. The summed E-state index contributed by atoms with van der Waals surface area (Å²) in [7, 11) is 1.72. The van der Waals surface area contributed by atoms with Crippen molar-refractivity contribution >= 4 is 17.5 Å². The zero-order chi connectivity index (χ0) is 22.7.